The van der Waals surface area contributed by atoms with E-state index < -0.39 is 17.7 Å². The van der Waals surface area contributed by atoms with Crippen molar-refractivity contribution in [3.05, 3.63) is 57.0 Å². The van der Waals surface area contributed by atoms with Crippen LogP contribution in [0.1, 0.15) is 36.8 Å². The van der Waals surface area contributed by atoms with Gasteiger partial charge in [0.15, 0.2) is 5.16 Å². The van der Waals surface area contributed by atoms with Crippen molar-refractivity contribution in [3.8, 4) is 0 Å². The summed E-state index contributed by atoms with van der Waals surface area (Å²) in [5.74, 6) is -1.48. The number of nitrogens with zero attached hydrogens (tertiary/aromatic N) is 1. The first-order valence-corrected chi connectivity index (χ1v) is 7.97. The molecule has 124 valence electrons. The molecule has 1 N–H and O–H groups in total. The fraction of sp³-hybridized carbons (Fsp3) is 0.375. The molecule has 0 aliphatic rings. The van der Waals surface area contributed by atoms with Crippen LogP contribution in [0.5, 0.6) is 0 Å². The number of hydrogen-bond acceptors (Lipinski definition) is 4. The van der Waals surface area contributed by atoms with Crippen molar-refractivity contribution in [2.24, 2.45) is 0 Å². The lowest BCUT2D eigenvalue weighted by Gasteiger charge is -2.19. The predicted molar refractivity (Wildman–Crippen MR) is 85.8 cm³/mol. The minimum Gasteiger partial charge on any atom is -0.370 e. The molecule has 0 aliphatic heterocycles. The Morgan fingerprint density at radius 1 is 1.26 bits per heavy atom. The Kier molecular flexibility index (Phi) is 5.54. The summed E-state index contributed by atoms with van der Waals surface area (Å²) in [5.41, 5.74) is -0.121. The quantitative estimate of drug-likeness (QED) is 0.667. The third-order valence-corrected chi connectivity index (χ3v) is 4.15. The van der Waals surface area contributed by atoms with E-state index in [-0.39, 0.29) is 27.6 Å². The number of halogens is 2. The maximum Gasteiger partial charge on any atom is 0.254 e. The van der Waals surface area contributed by atoms with Gasteiger partial charge in [-0.2, -0.15) is 0 Å². The lowest BCUT2D eigenvalue weighted by Crippen LogP contribution is -2.21. The number of nitrogens with one attached hydrogen (secondary N) is 1. The average molecular weight is 340 g/mol. The van der Waals surface area contributed by atoms with Gasteiger partial charge in [-0.1, -0.05) is 31.7 Å². The number of H-pyrrole nitrogens is 1. The molecule has 1 aromatic heterocycles. The van der Waals surface area contributed by atoms with Crippen LogP contribution in [0.3, 0.4) is 0 Å². The topological polar surface area (TPSA) is 55.0 Å². The molecule has 7 heteroatoms. The Morgan fingerprint density at radius 2 is 1.87 bits per heavy atom. The molecular weight excluding hydrogens is 322 g/mol. The van der Waals surface area contributed by atoms with Crippen LogP contribution in [0.15, 0.2) is 28.2 Å². The summed E-state index contributed by atoms with van der Waals surface area (Å²) >= 11 is 1.36. The molecule has 1 heterocycles. The molecule has 0 saturated heterocycles. The van der Waals surface area contributed by atoms with Crippen LogP contribution in [0.2, 0.25) is 0 Å². The molecule has 0 spiro atoms. The van der Waals surface area contributed by atoms with Crippen LogP contribution in [0.4, 0.5) is 8.78 Å². The fourth-order valence-corrected chi connectivity index (χ4v) is 2.94. The summed E-state index contributed by atoms with van der Waals surface area (Å²) in [4.78, 5) is 19.1. The summed E-state index contributed by atoms with van der Waals surface area (Å²) in [6.45, 7) is 5.46. The number of thioether (sulfide) groups is 1. The van der Waals surface area contributed by atoms with Crippen molar-refractivity contribution in [1.29, 1.82) is 0 Å². The molecule has 2 aromatic rings. The van der Waals surface area contributed by atoms with Gasteiger partial charge in [0, 0.05) is 17.9 Å². The molecule has 4 nitrogen and oxygen atoms in total. The predicted octanol–water partition coefficient (Wildman–Crippen LogP) is 3.59. The smallest absolute Gasteiger partial charge is 0.254 e. The molecule has 2 rings (SSSR count). The molecule has 0 aliphatic carbocycles. The Morgan fingerprint density at radius 3 is 2.39 bits per heavy atom. The van der Waals surface area contributed by atoms with E-state index in [1.807, 2.05) is 13.8 Å². The van der Waals surface area contributed by atoms with Crippen molar-refractivity contribution < 1.29 is 13.5 Å². The highest BCUT2D eigenvalue weighted by Crippen LogP contribution is 2.30. The Bertz CT molecular complexity index is 742. The molecule has 1 unspecified atom stereocenters. The zero-order valence-corrected chi connectivity index (χ0v) is 14.1. The first kappa shape index (κ1) is 17.6. The third kappa shape index (κ3) is 3.79. The van der Waals surface area contributed by atoms with Gasteiger partial charge in [-0.3, -0.25) is 4.79 Å². The summed E-state index contributed by atoms with van der Waals surface area (Å²) in [6, 6.07) is 3.58. The Hall–Kier alpha value is -1.73. The first-order valence-electron chi connectivity index (χ1n) is 7.09. The number of aromatic amines is 1. The molecule has 0 amide bonds. The van der Waals surface area contributed by atoms with E-state index in [1.54, 1.807) is 6.92 Å². The molecule has 0 fully saturated rings. The van der Waals surface area contributed by atoms with Gasteiger partial charge in [0.05, 0.1) is 11.3 Å². The standard InChI is InChI=1S/C16H18F2N2O2S/c1-8(2)23-16-19-13(9(3)15(21)20-16)14(22-4)12-10(17)6-5-7-11(12)18/h5-8,14H,1-4H3,(H,19,20,21). The average Bonchev–Trinajstić information content (AvgIpc) is 2.46. The molecule has 1 aromatic carbocycles. The Labute approximate surface area is 137 Å². The normalized spacial score (nSPS) is 12.7. The lowest BCUT2D eigenvalue weighted by atomic mass is 10.0. The molecule has 1 atom stereocenters. The van der Waals surface area contributed by atoms with Crippen LogP contribution in [0.25, 0.3) is 0 Å². The van der Waals surface area contributed by atoms with Crippen LogP contribution < -0.4 is 5.56 Å². The molecule has 0 saturated carbocycles. The van der Waals surface area contributed by atoms with Gasteiger partial charge in [0.2, 0.25) is 0 Å². The summed E-state index contributed by atoms with van der Waals surface area (Å²) in [7, 11) is 1.33. The number of rotatable bonds is 5. The van der Waals surface area contributed by atoms with Gasteiger partial charge >= 0.3 is 0 Å². The second kappa shape index (κ2) is 7.23. The largest absolute Gasteiger partial charge is 0.370 e. The van der Waals surface area contributed by atoms with E-state index in [4.69, 9.17) is 4.74 Å². The van der Waals surface area contributed by atoms with Crippen molar-refractivity contribution in [3.63, 3.8) is 0 Å². The van der Waals surface area contributed by atoms with E-state index in [2.05, 4.69) is 9.97 Å². The minimum atomic E-state index is -1.09. The van der Waals surface area contributed by atoms with Gasteiger partial charge in [0.1, 0.15) is 17.7 Å². The van der Waals surface area contributed by atoms with E-state index in [0.29, 0.717) is 5.16 Å². The van der Waals surface area contributed by atoms with E-state index >= 15 is 0 Å². The second-order valence-corrected chi connectivity index (χ2v) is 6.86. The second-order valence-electron chi connectivity index (χ2n) is 5.30. The molecule has 0 radical (unpaired) electrons. The summed E-state index contributed by atoms with van der Waals surface area (Å²) in [6.07, 6.45) is -1.09. The number of benzene rings is 1. The van der Waals surface area contributed by atoms with Crippen molar-refractivity contribution >= 4 is 11.8 Å². The molecule has 23 heavy (non-hydrogen) atoms. The summed E-state index contributed by atoms with van der Waals surface area (Å²) < 4.78 is 33.4. The summed E-state index contributed by atoms with van der Waals surface area (Å²) in [5, 5.41) is 0.587. The van der Waals surface area contributed by atoms with Crippen LogP contribution in [-0.4, -0.2) is 22.3 Å². The number of aromatic nitrogens is 2. The number of hydrogen-bond donors (Lipinski definition) is 1. The third-order valence-electron chi connectivity index (χ3n) is 3.26. The van der Waals surface area contributed by atoms with Gasteiger partial charge in [0.25, 0.3) is 5.56 Å². The van der Waals surface area contributed by atoms with Gasteiger partial charge < -0.3 is 9.72 Å². The van der Waals surface area contributed by atoms with Crippen molar-refractivity contribution in [1.82, 2.24) is 9.97 Å². The number of ether oxygens (including phenoxy) is 1. The van der Waals surface area contributed by atoms with Gasteiger partial charge in [-0.25, -0.2) is 13.8 Å². The zero-order chi connectivity index (χ0) is 17.1. The monoisotopic (exact) mass is 340 g/mol. The number of methoxy groups -OCH3 is 1. The highest BCUT2D eigenvalue weighted by molar-refractivity contribution is 7.99. The van der Waals surface area contributed by atoms with Crippen LogP contribution >= 0.6 is 11.8 Å². The van der Waals surface area contributed by atoms with Gasteiger partial charge in [-0.05, 0) is 19.1 Å². The van der Waals surface area contributed by atoms with E-state index in [1.165, 1.54) is 24.9 Å². The molecular formula is C16H18F2N2O2S. The maximum absolute atomic E-state index is 14.1. The van der Waals surface area contributed by atoms with Crippen LogP contribution in [0, 0.1) is 18.6 Å². The van der Waals surface area contributed by atoms with Gasteiger partial charge in [-0.15, -0.1) is 0 Å². The highest BCUT2D eigenvalue weighted by Gasteiger charge is 2.26. The Balaban J connectivity index is 2.62. The molecule has 0 bridgehead atoms. The first-order chi connectivity index (χ1) is 10.8. The lowest BCUT2D eigenvalue weighted by molar-refractivity contribution is 0.124. The SMILES string of the molecule is COC(c1nc(SC(C)C)[nH]c(=O)c1C)c1c(F)cccc1F. The van der Waals surface area contributed by atoms with Crippen molar-refractivity contribution in [2.75, 3.05) is 7.11 Å². The van der Waals surface area contributed by atoms with E-state index in [9.17, 15) is 13.6 Å². The highest BCUT2D eigenvalue weighted by atomic mass is 32.2. The van der Waals surface area contributed by atoms with Crippen molar-refractivity contribution in [2.45, 2.75) is 37.3 Å². The minimum absolute atomic E-state index is 0.194. The van der Waals surface area contributed by atoms with Crippen LogP contribution in [-0.2, 0) is 4.74 Å². The maximum atomic E-state index is 14.1. The zero-order valence-electron chi connectivity index (χ0n) is 13.3. The fourth-order valence-electron chi connectivity index (χ4n) is 2.19. The van der Waals surface area contributed by atoms with E-state index in [0.717, 1.165) is 12.1 Å².